The lowest BCUT2D eigenvalue weighted by molar-refractivity contribution is 0.630. The third-order valence-electron chi connectivity index (χ3n) is 14.9. The number of para-hydroxylation sites is 2. The van der Waals surface area contributed by atoms with Crippen LogP contribution in [0.4, 0.5) is 0 Å². The number of aromatic nitrogens is 1. The van der Waals surface area contributed by atoms with Crippen LogP contribution in [0.5, 0.6) is 0 Å². The lowest BCUT2D eigenvalue weighted by Gasteiger charge is -2.49. The van der Waals surface area contributed by atoms with E-state index in [1.807, 2.05) is 0 Å². The summed E-state index contributed by atoms with van der Waals surface area (Å²) in [5, 5.41) is 2.53. The van der Waals surface area contributed by atoms with E-state index in [0.29, 0.717) is 0 Å². The molecule has 1 aromatic heterocycles. The molecule has 0 saturated heterocycles. The molecule has 9 aromatic carbocycles. The maximum atomic E-state index is 2.56. The van der Waals surface area contributed by atoms with Gasteiger partial charge in [0.1, 0.15) is 0 Å². The molecule has 2 spiro atoms. The second kappa shape index (κ2) is 12.9. The van der Waals surface area contributed by atoms with Gasteiger partial charge in [-0.3, -0.25) is 0 Å². The number of hydrogen-bond acceptors (Lipinski definition) is 0. The van der Waals surface area contributed by atoms with Gasteiger partial charge >= 0.3 is 0 Å². The van der Waals surface area contributed by atoms with E-state index < -0.39 is 10.8 Å². The molecule has 4 aliphatic rings. The first kappa shape index (κ1) is 34.9. The zero-order valence-electron chi connectivity index (χ0n) is 34.7. The average molecular weight is 800 g/mol. The third-order valence-corrected chi connectivity index (χ3v) is 14.9. The van der Waals surface area contributed by atoms with Gasteiger partial charge < -0.3 is 4.57 Å². The molecular formula is C62H41N. The van der Waals surface area contributed by atoms with Crippen molar-refractivity contribution in [2.45, 2.75) is 23.7 Å². The van der Waals surface area contributed by atoms with Crippen molar-refractivity contribution in [3.63, 3.8) is 0 Å². The SMILES string of the molecule is C1=C2C(=CCC1)C1(c3ccccc32)c2ccccc2C2(c3ccccc3-c3c(-c4cccc(-c5ccc6c(c5)c5ccccc5n6-c5ccccc5)c4)cccc32)c2ccccc21. The molecule has 1 heteroatoms. The summed E-state index contributed by atoms with van der Waals surface area (Å²) in [5.74, 6) is 0. The minimum Gasteiger partial charge on any atom is -0.309 e. The molecule has 0 bridgehead atoms. The highest BCUT2D eigenvalue weighted by Crippen LogP contribution is 2.68. The summed E-state index contributed by atoms with van der Waals surface area (Å²) in [4.78, 5) is 0. The van der Waals surface area contributed by atoms with Gasteiger partial charge in [-0.25, -0.2) is 0 Å². The predicted octanol–water partition coefficient (Wildman–Crippen LogP) is 15.2. The summed E-state index contributed by atoms with van der Waals surface area (Å²) in [5.41, 5.74) is 24.2. The van der Waals surface area contributed by atoms with Crippen molar-refractivity contribution in [2.75, 3.05) is 0 Å². The summed E-state index contributed by atoms with van der Waals surface area (Å²) < 4.78 is 2.39. The fourth-order valence-corrected chi connectivity index (χ4v) is 12.6. The van der Waals surface area contributed by atoms with Crippen LogP contribution < -0.4 is 0 Å². The first-order valence-electron chi connectivity index (χ1n) is 22.4. The first-order valence-corrected chi connectivity index (χ1v) is 22.4. The summed E-state index contributed by atoms with van der Waals surface area (Å²) in [7, 11) is 0. The second-order valence-electron chi connectivity index (χ2n) is 17.7. The fraction of sp³-hybridized carbons (Fsp3) is 0.0645. The van der Waals surface area contributed by atoms with Crippen molar-refractivity contribution < 1.29 is 0 Å². The van der Waals surface area contributed by atoms with E-state index in [1.165, 1.54) is 117 Å². The lowest BCUT2D eigenvalue weighted by atomic mass is 9.52. The molecule has 0 saturated carbocycles. The van der Waals surface area contributed by atoms with Gasteiger partial charge in [-0.2, -0.15) is 0 Å². The minimum absolute atomic E-state index is 0.403. The Morgan fingerprint density at radius 3 is 1.65 bits per heavy atom. The van der Waals surface area contributed by atoms with Gasteiger partial charge in [0.05, 0.1) is 21.9 Å². The van der Waals surface area contributed by atoms with Gasteiger partial charge in [0, 0.05) is 16.5 Å². The fourth-order valence-electron chi connectivity index (χ4n) is 12.6. The Hall–Kier alpha value is -7.74. The van der Waals surface area contributed by atoms with E-state index in [9.17, 15) is 0 Å². The van der Waals surface area contributed by atoms with Crippen LogP contribution in [0.3, 0.4) is 0 Å². The van der Waals surface area contributed by atoms with Crippen LogP contribution in [-0.2, 0) is 10.8 Å². The smallest absolute Gasteiger partial charge is 0.0720 e. The van der Waals surface area contributed by atoms with Crippen LogP contribution in [0, 0.1) is 0 Å². The van der Waals surface area contributed by atoms with Crippen LogP contribution in [0.15, 0.2) is 230 Å². The van der Waals surface area contributed by atoms with Gasteiger partial charge in [0.2, 0.25) is 0 Å². The van der Waals surface area contributed by atoms with Crippen molar-refractivity contribution in [3.8, 4) is 39.1 Å². The van der Waals surface area contributed by atoms with Crippen LogP contribution in [0.25, 0.3) is 66.4 Å². The van der Waals surface area contributed by atoms with Gasteiger partial charge in [-0.05, 0) is 138 Å². The van der Waals surface area contributed by atoms with E-state index in [0.717, 1.165) is 12.8 Å². The Morgan fingerprint density at radius 1 is 0.333 bits per heavy atom. The summed E-state index contributed by atoms with van der Waals surface area (Å²) >= 11 is 0. The molecule has 294 valence electrons. The number of fused-ring (bicyclic) bond motifs is 19. The van der Waals surface area contributed by atoms with E-state index in [2.05, 4.69) is 229 Å². The molecule has 0 fully saturated rings. The summed E-state index contributed by atoms with van der Waals surface area (Å²) in [6.07, 6.45) is 7.19. The molecule has 0 atom stereocenters. The molecule has 0 radical (unpaired) electrons. The Morgan fingerprint density at radius 2 is 0.873 bits per heavy atom. The molecule has 0 aliphatic heterocycles. The van der Waals surface area contributed by atoms with E-state index in [1.54, 1.807) is 0 Å². The molecule has 0 unspecified atom stereocenters. The molecule has 0 N–H and O–H groups in total. The quantitative estimate of drug-likeness (QED) is 0.168. The molecule has 1 nitrogen and oxygen atoms in total. The van der Waals surface area contributed by atoms with Gasteiger partial charge in [0.15, 0.2) is 0 Å². The number of nitrogens with zero attached hydrogens (tertiary/aromatic N) is 1. The maximum Gasteiger partial charge on any atom is 0.0720 e. The number of allylic oxidation sites excluding steroid dienone is 4. The van der Waals surface area contributed by atoms with Crippen LogP contribution >= 0.6 is 0 Å². The topological polar surface area (TPSA) is 4.93 Å². The first-order chi connectivity index (χ1) is 31.3. The highest BCUT2D eigenvalue weighted by Gasteiger charge is 2.60. The van der Waals surface area contributed by atoms with Gasteiger partial charge in [0.25, 0.3) is 0 Å². The van der Waals surface area contributed by atoms with Crippen molar-refractivity contribution >= 4 is 27.4 Å². The average Bonchev–Trinajstić information content (AvgIpc) is 3.96. The zero-order valence-corrected chi connectivity index (χ0v) is 34.7. The van der Waals surface area contributed by atoms with Crippen molar-refractivity contribution in [1.29, 1.82) is 0 Å². The van der Waals surface area contributed by atoms with Crippen LogP contribution in [0.1, 0.15) is 57.3 Å². The number of rotatable bonds is 3. The molecule has 63 heavy (non-hydrogen) atoms. The number of benzene rings is 9. The normalized spacial score (nSPS) is 18.7. The highest BCUT2D eigenvalue weighted by atomic mass is 15.0. The van der Waals surface area contributed by atoms with E-state index >= 15 is 0 Å². The Kier molecular flexibility index (Phi) is 7.15. The summed E-state index contributed by atoms with van der Waals surface area (Å²) in [6.45, 7) is 0. The molecule has 14 rings (SSSR count). The largest absolute Gasteiger partial charge is 0.309 e. The Labute approximate surface area is 367 Å². The Bertz CT molecular complexity index is 3580. The lowest BCUT2D eigenvalue weighted by Crippen LogP contribution is -2.43. The van der Waals surface area contributed by atoms with Gasteiger partial charge in [-0.15, -0.1) is 0 Å². The van der Waals surface area contributed by atoms with Crippen molar-refractivity contribution in [2.24, 2.45) is 0 Å². The standard InChI is InChI=1S/C62H41N/c1-2-20-43(21-3-1)63-58-35-15-7-24-47(58)49-39-41(36-37-59(49)63)40-18-16-19-42(38-40)44-26-17-34-57-60(44)48-25-6-10-29-52(48)62(57)55-32-13-11-30-53(55)61(54-31-12-14-33-56(54)62)50-27-8-4-22-45(50)46-23-5-9-28-51(46)61/h1-4,6-8,10-39H,5,9H2. The van der Waals surface area contributed by atoms with Crippen molar-refractivity contribution in [1.82, 2.24) is 4.57 Å². The molecular weight excluding hydrogens is 759 g/mol. The zero-order chi connectivity index (χ0) is 41.3. The monoisotopic (exact) mass is 799 g/mol. The minimum atomic E-state index is -0.507. The molecule has 10 aromatic rings. The number of hydrogen-bond donors (Lipinski definition) is 0. The highest BCUT2D eigenvalue weighted by molar-refractivity contribution is 6.10. The third kappa shape index (κ3) is 4.41. The van der Waals surface area contributed by atoms with Gasteiger partial charge in [-0.1, -0.05) is 188 Å². The van der Waals surface area contributed by atoms with Crippen LogP contribution in [0.2, 0.25) is 0 Å². The molecule has 0 amide bonds. The van der Waals surface area contributed by atoms with E-state index in [4.69, 9.17) is 0 Å². The second-order valence-corrected chi connectivity index (χ2v) is 17.7. The Balaban J connectivity index is 0.991. The maximum absolute atomic E-state index is 2.56. The molecule has 1 heterocycles. The summed E-state index contributed by atoms with van der Waals surface area (Å²) in [6, 6.07) is 80.2. The van der Waals surface area contributed by atoms with Crippen LogP contribution in [-0.4, -0.2) is 4.57 Å². The van der Waals surface area contributed by atoms with Crippen molar-refractivity contribution in [3.05, 3.63) is 275 Å². The van der Waals surface area contributed by atoms with E-state index in [-0.39, 0.29) is 0 Å². The molecule has 4 aliphatic carbocycles. The predicted molar refractivity (Wildman–Crippen MR) is 261 cm³/mol.